The number of imide groups is 1. The number of carbonyl (C=O) groups excluding carboxylic acids is 2. The van der Waals surface area contributed by atoms with Crippen molar-refractivity contribution < 1.29 is 9.59 Å². The Labute approximate surface area is 106 Å². The maximum Gasteiger partial charge on any atom is 0.235 e. The molecular weight excluding hydrogens is 270 g/mol. The van der Waals surface area contributed by atoms with Crippen LogP contribution in [0.25, 0.3) is 0 Å². The van der Waals surface area contributed by atoms with Crippen LogP contribution in [0, 0.1) is 17.3 Å². The Kier molecular flexibility index (Phi) is 4.16. The van der Waals surface area contributed by atoms with Gasteiger partial charge in [0.15, 0.2) is 0 Å². The lowest BCUT2D eigenvalue weighted by Crippen LogP contribution is -2.38. The van der Waals surface area contributed by atoms with Crippen molar-refractivity contribution in [2.45, 2.75) is 34.1 Å². The van der Waals surface area contributed by atoms with E-state index in [9.17, 15) is 9.59 Å². The third kappa shape index (κ3) is 2.65. The van der Waals surface area contributed by atoms with Gasteiger partial charge in [0.05, 0.1) is 5.41 Å². The van der Waals surface area contributed by atoms with E-state index in [4.69, 9.17) is 0 Å². The van der Waals surface area contributed by atoms with Crippen molar-refractivity contribution in [1.29, 1.82) is 0 Å². The lowest BCUT2D eigenvalue weighted by molar-refractivity contribution is -0.141. The summed E-state index contributed by atoms with van der Waals surface area (Å²) >= 11 is 3.44. The molecule has 1 aliphatic rings. The van der Waals surface area contributed by atoms with Crippen LogP contribution in [0.4, 0.5) is 0 Å². The monoisotopic (exact) mass is 289 g/mol. The van der Waals surface area contributed by atoms with Gasteiger partial charge in [-0.3, -0.25) is 14.5 Å². The minimum absolute atomic E-state index is 0.0240. The molecule has 0 aliphatic carbocycles. The molecule has 16 heavy (non-hydrogen) atoms. The van der Waals surface area contributed by atoms with Crippen molar-refractivity contribution in [2.75, 3.05) is 11.9 Å². The molecule has 0 N–H and O–H groups in total. The number of halogens is 1. The van der Waals surface area contributed by atoms with Crippen LogP contribution in [0.1, 0.15) is 34.1 Å². The summed E-state index contributed by atoms with van der Waals surface area (Å²) in [6.45, 7) is 8.45. The Balaban J connectivity index is 2.75. The minimum Gasteiger partial charge on any atom is -0.282 e. The van der Waals surface area contributed by atoms with Gasteiger partial charge in [-0.15, -0.1) is 0 Å². The van der Waals surface area contributed by atoms with Gasteiger partial charge < -0.3 is 0 Å². The number of carbonyl (C=O) groups is 2. The van der Waals surface area contributed by atoms with Crippen molar-refractivity contribution in [2.24, 2.45) is 17.3 Å². The number of likely N-dealkylation sites (tertiary alicyclic amines) is 1. The molecular formula is C12H20BrNO2. The molecule has 0 bridgehead atoms. The van der Waals surface area contributed by atoms with Gasteiger partial charge in [-0.25, -0.2) is 0 Å². The summed E-state index contributed by atoms with van der Waals surface area (Å²) in [5, 5.41) is 0.822. The standard InChI is InChI=1S/C12H20BrNO2/c1-8(2)9(6-13)7-14-10(15)5-12(3,4)11(14)16/h8-9H,5-7H2,1-4H3. The predicted molar refractivity (Wildman–Crippen MR) is 67.2 cm³/mol. The Morgan fingerprint density at radius 3 is 2.25 bits per heavy atom. The molecule has 0 saturated carbocycles. The molecule has 1 rings (SSSR count). The first-order valence-corrected chi connectivity index (χ1v) is 6.82. The fraction of sp³-hybridized carbons (Fsp3) is 0.833. The summed E-state index contributed by atoms with van der Waals surface area (Å²) in [5.41, 5.74) is -0.509. The largest absolute Gasteiger partial charge is 0.282 e. The molecule has 2 amide bonds. The second kappa shape index (κ2) is 4.86. The fourth-order valence-corrected chi connectivity index (χ4v) is 2.84. The van der Waals surface area contributed by atoms with Gasteiger partial charge in [-0.05, 0) is 11.8 Å². The van der Waals surface area contributed by atoms with E-state index in [1.165, 1.54) is 4.90 Å². The van der Waals surface area contributed by atoms with Crippen LogP contribution in [0.15, 0.2) is 0 Å². The molecule has 92 valence electrons. The number of rotatable bonds is 4. The number of hydrogen-bond donors (Lipinski definition) is 0. The average Bonchev–Trinajstić information content (AvgIpc) is 2.34. The maximum atomic E-state index is 12.0. The van der Waals surface area contributed by atoms with E-state index in [1.54, 1.807) is 0 Å². The van der Waals surface area contributed by atoms with Crippen LogP contribution in [0.5, 0.6) is 0 Å². The molecule has 0 spiro atoms. The second-order valence-electron chi connectivity index (χ2n) is 5.53. The smallest absolute Gasteiger partial charge is 0.235 e. The van der Waals surface area contributed by atoms with Gasteiger partial charge in [-0.2, -0.15) is 0 Å². The summed E-state index contributed by atoms with van der Waals surface area (Å²) in [5.74, 6) is 0.746. The van der Waals surface area contributed by atoms with Crippen molar-refractivity contribution in [3.05, 3.63) is 0 Å². The van der Waals surface area contributed by atoms with Gasteiger partial charge in [0.25, 0.3) is 0 Å². The molecule has 1 aliphatic heterocycles. The van der Waals surface area contributed by atoms with Gasteiger partial charge in [0.2, 0.25) is 11.8 Å². The van der Waals surface area contributed by atoms with Crippen LogP contribution < -0.4 is 0 Å². The zero-order valence-electron chi connectivity index (χ0n) is 10.4. The Morgan fingerprint density at radius 2 is 1.94 bits per heavy atom. The Hall–Kier alpha value is -0.380. The number of nitrogens with zero attached hydrogens (tertiary/aromatic N) is 1. The topological polar surface area (TPSA) is 37.4 Å². The molecule has 4 heteroatoms. The summed E-state index contributed by atoms with van der Waals surface area (Å²) in [4.78, 5) is 25.2. The van der Waals surface area contributed by atoms with Crippen LogP contribution in [0.2, 0.25) is 0 Å². The van der Waals surface area contributed by atoms with Crippen molar-refractivity contribution in [3.8, 4) is 0 Å². The SMILES string of the molecule is CC(C)C(CBr)CN1C(=O)CC(C)(C)C1=O. The quantitative estimate of drug-likeness (QED) is 0.589. The van der Waals surface area contributed by atoms with E-state index in [0.29, 0.717) is 24.8 Å². The normalized spacial score (nSPS) is 22.0. The zero-order chi connectivity index (χ0) is 12.5. The fourth-order valence-electron chi connectivity index (χ4n) is 1.88. The Bertz CT molecular complexity index is 299. The molecule has 0 aromatic rings. The van der Waals surface area contributed by atoms with Crippen molar-refractivity contribution in [3.63, 3.8) is 0 Å². The van der Waals surface area contributed by atoms with Gasteiger partial charge in [0, 0.05) is 18.3 Å². The average molecular weight is 290 g/mol. The first kappa shape index (κ1) is 13.7. The molecule has 1 heterocycles. The van der Waals surface area contributed by atoms with Crippen molar-refractivity contribution in [1.82, 2.24) is 4.90 Å². The number of amides is 2. The highest BCUT2D eigenvalue weighted by atomic mass is 79.9. The minimum atomic E-state index is -0.509. The van der Waals surface area contributed by atoms with Crippen LogP contribution in [0.3, 0.4) is 0 Å². The lowest BCUT2D eigenvalue weighted by Gasteiger charge is -2.25. The van der Waals surface area contributed by atoms with Gasteiger partial charge >= 0.3 is 0 Å². The van der Waals surface area contributed by atoms with E-state index in [1.807, 2.05) is 13.8 Å². The molecule has 0 aromatic heterocycles. The molecule has 1 fully saturated rings. The third-order valence-electron chi connectivity index (χ3n) is 3.28. The summed E-state index contributed by atoms with van der Waals surface area (Å²) in [6.07, 6.45) is 0.346. The van der Waals surface area contributed by atoms with Crippen LogP contribution >= 0.6 is 15.9 Å². The van der Waals surface area contributed by atoms with E-state index in [0.717, 1.165) is 5.33 Å². The highest BCUT2D eigenvalue weighted by Crippen LogP contribution is 2.32. The molecule has 0 aromatic carbocycles. The second-order valence-corrected chi connectivity index (χ2v) is 6.18. The molecule has 3 nitrogen and oxygen atoms in total. The predicted octanol–water partition coefficient (Wildman–Crippen LogP) is 2.44. The van der Waals surface area contributed by atoms with Crippen molar-refractivity contribution >= 4 is 27.7 Å². The van der Waals surface area contributed by atoms with E-state index in [2.05, 4.69) is 29.8 Å². The summed E-state index contributed by atoms with van der Waals surface area (Å²) < 4.78 is 0. The first-order valence-electron chi connectivity index (χ1n) is 5.70. The maximum absolute atomic E-state index is 12.0. The van der Waals surface area contributed by atoms with Gasteiger partial charge in [0.1, 0.15) is 0 Å². The zero-order valence-corrected chi connectivity index (χ0v) is 12.0. The molecule has 1 saturated heterocycles. The van der Waals surface area contributed by atoms with Crippen LogP contribution in [-0.4, -0.2) is 28.6 Å². The van der Waals surface area contributed by atoms with E-state index >= 15 is 0 Å². The summed E-state index contributed by atoms with van der Waals surface area (Å²) in [6, 6.07) is 0. The number of alkyl halides is 1. The number of hydrogen-bond acceptors (Lipinski definition) is 2. The first-order chi connectivity index (χ1) is 7.29. The van der Waals surface area contributed by atoms with Gasteiger partial charge in [-0.1, -0.05) is 43.6 Å². The molecule has 0 radical (unpaired) electrons. The third-order valence-corrected chi connectivity index (χ3v) is 4.11. The highest BCUT2D eigenvalue weighted by molar-refractivity contribution is 9.09. The van der Waals surface area contributed by atoms with Crippen LogP contribution in [-0.2, 0) is 9.59 Å². The van der Waals surface area contributed by atoms with E-state index < -0.39 is 5.41 Å². The summed E-state index contributed by atoms with van der Waals surface area (Å²) in [7, 11) is 0. The van der Waals surface area contributed by atoms with E-state index in [-0.39, 0.29) is 11.8 Å². The Morgan fingerprint density at radius 1 is 1.38 bits per heavy atom. The molecule has 1 unspecified atom stereocenters. The lowest BCUT2D eigenvalue weighted by atomic mass is 9.92. The highest BCUT2D eigenvalue weighted by Gasteiger charge is 2.45. The molecule has 1 atom stereocenters.